The van der Waals surface area contributed by atoms with E-state index in [1.807, 2.05) is 48.5 Å². The molecule has 0 fully saturated rings. The Balaban J connectivity index is 1.10. The van der Waals surface area contributed by atoms with E-state index in [0.29, 0.717) is 0 Å². The first-order chi connectivity index (χ1) is 33.9. The molecule has 20 heteroatoms. The van der Waals surface area contributed by atoms with E-state index in [2.05, 4.69) is 61.8 Å². The summed E-state index contributed by atoms with van der Waals surface area (Å²) in [6.45, 7) is 0.332. The van der Waals surface area contributed by atoms with Crippen LogP contribution in [0.5, 0.6) is 0 Å². The molecule has 0 unspecified atom stereocenters. The van der Waals surface area contributed by atoms with Crippen molar-refractivity contribution >= 4 is 59.6 Å². The lowest BCUT2D eigenvalue weighted by molar-refractivity contribution is -0.138. The Labute approximate surface area is 401 Å². The first-order valence-electron chi connectivity index (χ1n) is 22.1. The smallest absolute Gasteiger partial charge is 0.326 e. The maximum Gasteiger partial charge on any atom is 0.326 e. The van der Waals surface area contributed by atoms with Crippen molar-refractivity contribution in [1.82, 2.24) is 29.9 Å². The largest absolute Gasteiger partial charge is 0.480 e. The summed E-state index contributed by atoms with van der Waals surface area (Å²) in [5.41, 5.74) is 4.57. The van der Waals surface area contributed by atoms with Gasteiger partial charge in [-0.2, -0.15) is 29.9 Å². The van der Waals surface area contributed by atoms with Crippen LogP contribution in [0.3, 0.4) is 0 Å². The number of hydrogen-bond donors (Lipinski definition) is 10. The van der Waals surface area contributed by atoms with E-state index in [-0.39, 0.29) is 74.5 Å². The summed E-state index contributed by atoms with van der Waals surface area (Å²) in [6, 6.07) is 39.0. The lowest BCUT2D eigenvalue weighted by Crippen LogP contribution is -2.34. The van der Waals surface area contributed by atoms with Gasteiger partial charge in [-0.25, -0.2) is 19.2 Å². The van der Waals surface area contributed by atoms with Gasteiger partial charge in [-0.1, -0.05) is 146 Å². The van der Waals surface area contributed by atoms with Gasteiger partial charge in [0.2, 0.25) is 35.7 Å². The van der Waals surface area contributed by atoms with Gasteiger partial charge in [-0.3, -0.25) is 0 Å². The summed E-state index contributed by atoms with van der Waals surface area (Å²) >= 11 is 0. The van der Waals surface area contributed by atoms with E-state index >= 15 is 0 Å². The number of rotatable bonds is 26. The molecule has 10 N–H and O–H groups in total. The number of carboxylic acid groups (broad SMARTS) is 4. The number of nitrogens with zero attached hydrogens (tertiary/aromatic N) is 6. The fraction of sp³-hybridized carbons (Fsp3) is 0.200. The molecule has 0 spiro atoms. The van der Waals surface area contributed by atoms with Crippen molar-refractivity contribution in [2.24, 2.45) is 0 Å². The molecule has 4 atom stereocenters. The van der Waals surface area contributed by atoms with Crippen LogP contribution in [0, 0.1) is 0 Å². The number of carbonyl (C=O) groups is 4. The molecule has 0 radical (unpaired) electrons. The van der Waals surface area contributed by atoms with Crippen LogP contribution in [0.25, 0.3) is 0 Å². The Hall–Kier alpha value is -9.20. The third kappa shape index (κ3) is 14.9. The van der Waals surface area contributed by atoms with Crippen molar-refractivity contribution < 1.29 is 39.6 Å². The molecule has 0 aliphatic rings. The highest BCUT2D eigenvalue weighted by atomic mass is 16.4. The van der Waals surface area contributed by atoms with E-state index in [9.17, 15) is 39.6 Å². The van der Waals surface area contributed by atoms with E-state index in [1.54, 1.807) is 97.1 Å². The second kappa shape index (κ2) is 24.0. The number of benzene rings is 5. The fourth-order valence-corrected chi connectivity index (χ4v) is 7.20. The quantitative estimate of drug-likeness (QED) is 0.0311. The van der Waals surface area contributed by atoms with Gasteiger partial charge in [-0.15, -0.1) is 0 Å². The first kappa shape index (κ1) is 48.7. The van der Waals surface area contributed by atoms with Crippen LogP contribution in [0.4, 0.5) is 35.7 Å². The Bertz CT molecular complexity index is 2500. The van der Waals surface area contributed by atoms with E-state index in [0.717, 1.165) is 33.4 Å². The molecule has 7 rings (SSSR count). The van der Waals surface area contributed by atoms with Crippen LogP contribution in [0.1, 0.15) is 33.4 Å². The highest BCUT2D eigenvalue weighted by molar-refractivity contribution is 5.79. The highest BCUT2D eigenvalue weighted by Gasteiger charge is 2.25. The maximum absolute atomic E-state index is 12.4. The Morgan fingerprint density at radius 3 is 0.800 bits per heavy atom. The van der Waals surface area contributed by atoms with Crippen LogP contribution in [-0.2, 0) is 58.0 Å². The molecule has 70 heavy (non-hydrogen) atoms. The number of hydrogen-bond acceptors (Lipinski definition) is 16. The average molecular weight is 947 g/mol. The van der Waals surface area contributed by atoms with Gasteiger partial charge in [0.05, 0.1) is 0 Å². The van der Waals surface area contributed by atoms with Crippen molar-refractivity contribution in [3.05, 3.63) is 179 Å². The summed E-state index contributed by atoms with van der Waals surface area (Å²) in [7, 11) is 0. The number of anilines is 6. The molecule has 0 saturated heterocycles. The zero-order valence-electron chi connectivity index (χ0n) is 37.5. The maximum atomic E-state index is 12.4. The Morgan fingerprint density at radius 2 is 0.557 bits per heavy atom. The molecule has 0 aliphatic heterocycles. The number of aliphatic carboxylic acids is 4. The normalized spacial score (nSPS) is 12.6. The highest BCUT2D eigenvalue weighted by Crippen LogP contribution is 2.19. The minimum Gasteiger partial charge on any atom is -0.480 e. The van der Waals surface area contributed by atoms with Crippen LogP contribution in [0.15, 0.2) is 146 Å². The van der Waals surface area contributed by atoms with Gasteiger partial charge in [0.1, 0.15) is 24.2 Å². The summed E-state index contributed by atoms with van der Waals surface area (Å²) in [5.74, 6) is -4.95. The van der Waals surface area contributed by atoms with Crippen LogP contribution >= 0.6 is 0 Å². The lowest BCUT2D eigenvalue weighted by atomic mass is 10.1. The molecular weight excluding hydrogens is 897 g/mol. The molecule has 7 aromatic rings. The summed E-state index contributed by atoms with van der Waals surface area (Å²) in [6.07, 6.45) is 0.422. The minimum atomic E-state index is -1.15. The molecule has 5 aromatic carbocycles. The number of carboxylic acids is 4. The first-order valence-corrected chi connectivity index (χ1v) is 22.1. The van der Waals surface area contributed by atoms with Gasteiger partial charge in [0, 0.05) is 38.8 Å². The molecular formula is C50H50N12O8. The third-order valence-electron chi connectivity index (χ3n) is 10.7. The van der Waals surface area contributed by atoms with Gasteiger partial charge >= 0.3 is 23.9 Å². The summed E-state index contributed by atoms with van der Waals surface area (Å²) in [4.78, 5) is 76.3. The predicted molar refractivity (Wildman–Crippen MR) is 262 cm³/mol. The molecule has 0 bridgehead atoms. The van der Waals surface area contributed by atoms with E-state index in [1.165, 1.54) is 0 Å². The minimum absolute atomic E-state index is 0.0281. The molecule has 0 amide bonds. The topological polar surface area (TPSA) is 299 Å². The van der Waals surface area contributed by atoms with Gasteiger partial charge in [0.15, 0.2) is 0 Å². The third-order valence-corrected chi connectivity index (χ3v) is 10.7. The van der Waals surface area contributed by atoms with Gasteiger partial charge in [-0.05, 0) is 33.4 Å². The molecule has 0 saturated carbocycles. The predicted octanol–water partition coefficient (Wildman–Crippen LogP) is 5.71. The fourth-order valence-electron chi connectivity index (χ4n) is 7.20. The van der Waals surface area contributed by atoms with E-state index in [4.69, 9.17) is 0 Å². The zero-order valence-corrected chi connectivity index (χ0v) is 37.5. The second-order valence-electron chi connectivity index (χ2n) is 16.0. The summed E-state index contributed by atoms with van der Waals surface area (Å²) < 4.78 is 0. The van der Waals surface area contributed by atoms with Crippen LogP contribution in [0.2, 0.25) is 0 Å². The Kier molecular flexibility index (Phi) is 16.7. The van der Waals surface area contributed by atoms with E-state index < -0.39 is 48.0 Å². The van der Waals surface area contributed by atoms with Crippen LogP contribution in [-0.4, -0.2) is 98.4 Å². The van der Waals surface area contributed by atoms with Crippen molar-refractivity contribution in [3.63, 3.8) is 0 Å². The monoisotopic (exact) mass is 946 g/mol. The van der Waals surface area contributed by atoms with Crippen molar-refractivity contribution in [3.8, 4) is 0 Å². The lowest BCUT2D eigenvalue weighted by Gasteiger charge is -2.18. The molecule has 2 heterocycles. The average Bonchev–Trinajstić information content (AvgIpc) is 3.35. The molecule has 0 aliphatic carbocycles. The summed E-state index contributed by atoms with van der Waals surface area (Å²) in [5, 5.41) is 58.4. The second-order valence-corrected chi connectivity index (χ2v) is 16.0. The van der Waals surface area contributed by atoms with Crippen LogP contribution < -0.4 is 31.9 Å². The molecule has 20 nitrogen and oxygen atoms in total. The Morgan fingerprint density at radius 1 is 0.329 bits per heavy atom. The zero-order chi connectivity index (χ0) is 49.2. The number of aromatic nitrogens is 6. The molecule has 358 valence electrons. The van der Waals surface area contributed by atoms with Gasteiger partial charge < -0.3 is 52.3 Å². The van der Waals surface area contributed by atoms with Crippen molar-refractivity contribution in [2.45, 2.75) is 62.9 Å². The molecule has 2 aromatic heterocycles. The standard InChI is InChI=1S/C50H50N12O8/c63-41(64)37(25-31-14-5-1-6-15-31)53-47-57-45(58-48(61-47)54-38(42(65)66)26-32-16-7-2-8-17-32)51-29-35-22-13-23-36(24-35)30-52-46-59-49(55-39(43(67)68)27-33-18-9-3-10-19-33)62-50(60-46)56-40(44(69)70)28-34-20-11-4-12-21-34/h1-24,37-40H,25-30H2,(H,63,64)(H,65,66)(H,67,68)(H,69,70)(H3,51,53,54,57,58,61)(H3,52,55,56,59,60,62)/t37-,38-,39-,40-/m0/s1. The van der Waals surface area contributed by atoms with Crippen molar-refractivity contribution in [1.29, 1.82) is 0 Å². The van der Waals surface area contributed by atoms with Gasteiger partial charge in [0.25, 0.3) is 0 Å². The van der Waals surface area contributed by atoms with Crippen molar-refractivity contribution in [2.75, 3.05) is 31.9 Å². The SMILES string of the molecule is O=C(O)[C@H](Cc1ccccc1)Nc1nc(NCc2cccc(CNc3nc(N[C@@H](Cc4ccccc4)C(=O)O)nc(N[C@@H](Cc4ccccc4)C(=O)O)n3)c2)nc(N[C@@H](Cc2ccccc2)C(=O)O)n1. The number of nitrogens with one attached hydrogen (secondary N) is 6.